The Hall–Kier alpha value is -1.98. The fourth-order valence-corrected chi connectivity index (χ4v) is 1.35. The maximum atomic E-state index is 12.9. The normalized spacial score (nSPS) is 10.4. The highest BCUT2D eigenvalue weighted by Crippen LogP contribution is 2.07. The van der Waals surface area contributed by atoms with Crippen molar-refractivity contribution in [2.24, 2.45) is 5.92 Å². The Kier molecular flexibility index (Phi) is 5.41. The van der Waals surface area contributed by atoms with Crippen LogP contribution in [-0.4, -0.2) is 24.9 Å². The maximum absolute atomic E-state index is 12.9. The zero-order valence-electron chi connectivity index (χ0n) is 10.8. The first-order valence-electron chi connectivity index (χ1n) is 5.92. The zero-order valence-corrected chi connectivity index (χ0v) is 10.8. The van der Waals surface area contributed by atoms with Crippen LogP contribution in [0.5, 0.6) is 0 Å². The molecule has 0 bridgehead atoms. The molecule has 0 aromatic heterocycles. The van der Waals surface area contributed by atoms with Crippen molar-refractivity contribution in [3.63, 3.8) is 0 Å². The van der Waals surface area contributed by atoms with Gasteiger partial charge in [0.05, 0.1) is 0 Å². The third-order valence-corrected chi connectivity index (χ3v) is 2.36. The summed E-state index contributed by atoms with van der Waals surface area (Å²) in [6, 6.07) is 2.59. The smallest absolute Gasteiger partial charge is 0.251 e. The Morgan fingerprint density at radius 1 is 1.05 bits per heavy atom. The highest BCUT2D eigenvalue weighted by atomic mass is 19.1. The summed E-state index contributed by atoms with van der Waals surface area (Å²) >= 11 is 0. The molecular formula is C13H16F2N2O2. The number of rotatable bonds is 5. The summed E-state index contributed by atoms with van der Waals surface area (Å²) in [5, 5.41) is 5.07. The average Bonchev–Trinajstić information content (AvgIpc) is 2.32. The molecule has 0 saturated carbocycles. The van der Waals surface area contributed by atoms with Crippen molar-refractivity contribution in [1.82, 2.24) is 10.6 Å². The van der Waals surface area contributed by atoms with Crippen LogP contribution >= 0.6 is 0 Å². The van der Waals surface area contributed by atoms with Gasteiger partial charge < -0.3 is 10.6 Å². The number of benzene rings is 1. The molecule has 0 heterocycles. The van der Waals surface area contributed by atoms with Crippen LogP contribution in [0.3, 0.4) is 0 Å². The molecule has 104 valence electrons. The highest BCUT2D eigenvalue weighted by Gasteiger charge is 2.09. The molecule has 0 atom stereocenters. The molecule has 1 rings (SSSR count). The molecule has 0 aliphatic rings. The van der Waals surface area contributed by atoms with Crippen LogP contribution in [0.1, 0.15) is 24.2 Å². The van der Waals surface area contributed by atoms with Gasteiger partial charge in [-0.05, 0) is 12.1 Å². The zero-order chi connectivity index (χ0) is 14.4. The van der Waals surface area contributed by atoms with Gasteiger partial charge in [-0.1, -0.05) is 13.8 Å². The van der Waals surface area contributed by atoms with Gasteiger partial charge in [0.2, 0.25) is 5.91 Å². The van der Waals surface area contributed by atoms with Crippen LogP contribution in [0.15, 0.2) is 18.2 Å². The van der Waals surface area contributed by atoms with Crippen molar-refractivity contribution in [2.75, 3.05) is 13.1 Å². The number of halogens is 2. The van der Waals surface area contributed by atoms with Gasteiger partial charge in [0.15, 0.2) is 0 Å². The summed E-state index contributed by atoms with van der Waals surface area (Å²) in [6.07, 6.45) is 0. The molecular weight excluding hydrogens is 254 g/mol. The molecule has 1 aromatic rings. The number of hydrogen-bond donors (Lipinski definition) is 2. The Labute approximate surface area is 110 Å². The summed E-state index contributed by atoms with van der Waals surface area (Å²) in [5.41, 5.74) is -0.0901. The first-order valence-corrected chi connectivity index (χ1v) is 5.92. The Bertz CT molecular complexity index is 455. The van der Waals surface area contributed by atoms with Crippen molar-refractivity contribution in [3.05, 3.63) is 35.4 Å². The van der Waals surface area contributed by atoms with Gasteiger partial charge in [-0.25, -0.2) is 8.78 Å². The Morgan fingerprint density at radius 3 is 2.11 bits per heavy atom. The second-order valence-electron chi connectivity index (χ2n) is 4.36. The third kappa shape index (κ3) is 5.03. The lowest BCUT2D eigenvalue weighted by Crippen LogP contribution is -2.36. The minimum Gasteiger partial charge on any atom is -0.354 e. The van der Waals surface area contributed by atoms with E-state index in [1.165, 1.54) is 0 Å². The molecule has 0 aliphatic carbocycles. The van der Waals surface area contributed by atoms with Crippen molar-refractivity contribution < 1.29 is 18.4 Å². The van der Waals surface area contributed by atoms with Crippen molar-refractivity contribution >= 4 is 11.8 Å². The SMILES string of the molecule is CC(C)C(=O)NCCNC(=O)c1cc(F)cc(F)c1. The minimum absolute atomic E-state index is 0.0901. The monoisotopic (exact) mass is 270 g/mol. The van der Waals surface area contributed by atoms with Gasteiger partial charge in [0.25, 0.3) is 5.91 Å². The average molecular weight is 270 g/mol. The summed E-state index contributed by atoms with van der Waals surface area (Å²) in [4.78, 5) is 22.8. The quantitative estimate of drug-likeness (QED) is 0.796. The highest BCUT2D eigenvalue weighted by molar-refractivity contribution is 5.94. The summed E-state index contributed by atoms with van der Waals surface area (Å²) in [6.45, 7) is 3.96. The minimum atomic E-state index is -0.807. The molecule has 0 fully saturated rings. The molecule has 2 amide bonds. The summed E-state index contributed by atoms with van der Waals surface area (Å²) in [7, 11) is 0. The van der Waals surface area contributed by atoms with Crippen molar-refractivity contribution in [1.29, 1.82) is 0 Å². The fourth-order valence-electron chi connectivity index (χ4n) is 1.35. The van der Waals surface area contributed by atoms with Crippen molar-refractivity contribution in [3.8, 4) is 0 Å². The molecule has 0 aliphatic heterocycles. The van der Waals surface area contributed by atoms with Gasteiger partial charge in [-0.15, -0.1) is 0 Å². The van der Waals surface area contributed by atoms with Crippen LogP contribution in [0.2, 0.25) is 0 Å². The van der Waals surface area contributed by atoms with E-state index in [9.17, 15) is 18.4 Å². The van der Waals surface area contributed by atoms with Crippen LogP contribution in [0, 0.1) is 17.6 Å². The number of hydrogen-bond acceptors (Lipinski definition) is 2. The van der Waals surface area contributed by atoms with Gasteiger partial charge in [0.1, 0.15) is 11.6 Å². The third-order valence-electron chi connectivity index (χ3n) is 2.36. The first kappa shape index (κ1) is 15.1. The van der Waals surface area contributed by atoms with E-state index in [-0.39, 0.29) is 30.5 Å². The fraction of sp³-hybridized carbons (Fsp3) is 0.385. The van der Waals surface area contributed by atoms with Crippen LogP contribution in [-0.2, 0) is 4.79 Å². The van der Waals surface area contributed by atoms with Crippen LogP contribution in [0.25, 0.3) is 0 Å². The van der Waals surface area contributed by atoms with Crippen LogP contribution in [0.4, 0.5) is 8.78 Å². The summed E-state index contributed by atoms with van der Waals surface area (Å²) < 4.78 is 25.8. The molecule has 0 unspecified atom stereocenters. The largest absolute Gasteiger partial charge is 0.354 e. The molecule has 0 saturated heterocycles. The van der Waals surface area contributed by atoms with E-state index < -0.39 is 17.5 Å². The second-order valence-corrected chi connectivity index (χ2v) is 4.36. The van der Waals surface area contributed by atoms with E-state index in [4.69, 9.17) is 0 Å². The summed E-state index contributed by atoms with van der Waals surface area (Å²) in [5.74, 6) is -2.45. The van der Waals surface area contributed by atoms with E-state index >= 15 is 0 Å². The van der Waals surface area contributed by atoms with Gasteiger partial charge in [0, 0.05) is 30.6 Å². The predicted octanol–water partition coefficient (Wildman–Crippen LogP) is 1.47. The standard InChI is InChI=1S/C13H16F2N2O2/c1-8(2)12(18)16-3-4-17-13(19)9-5-10(14)7-11(15)6-9/h5-8H,3-4H2,1-2H3,(H,16,18)(H,17,19). The second kappa shape index (κ2) is 6.82. The lowest BCUT2D eigenvalue weighted by Gasteiger charge is -2.09. The van der Waals surface area contributed by atoms with E-state index in [0.717, 1.165) is 12.1 Å². The molecule has 0 spiro atoms. The number of carbonyl (C=O) groups is 2. The Balaban J connectivity index is 2.41. The molecule has 4 nitrogen and oxygen atoms in total. The topological polar surface area (TPSA) is 58.2 Å². The van der Waals surface area contributed by atoms with Crippen molar-refractivity contribution in [2.45, 2.75) is 13.8 Å². The maximum Gasteiger partial charge on any atom is 0.251 e. The molecule has 2 N–H and O–H groups in total. The lowest BCUT2D eigenvalue weighted by atomic mass is 10.2. The Morgan fingerprint density at radius 2 is 1.58 bits per heavy atom. The molecule has 1 aromatic carbocycles. The van der Waals surface area contributed by atoms with Gasteiger partial charge in [-0.3, -0.25) is 9.59 Å². The number of amides is 2. The van der Waals surface area contributed by atoms with E-state index in [2.05, 4.69) is 10.6 Å². The lowest BCUT2D eigenvalue weighted by molar-refractivity contribution is -0.123. The van der Waals surface area contributed by atoms with E-state index in [1.54, 1.807) is 13.8 Å². The predicted molar refractivity (Wildman–Crippen MR) is 66.5 cm³/mol. The van der Waals surface area contributed by atoms with Gasteiger partial charge >= 0.3 is 0 Å². The molecule has 0 radical (unpaired) electrons. The first-order chi connectivity index (χ1) is 8.90. The van der Waals surface area contributed by atoms with E-state index in [1.807, 2.05) is 0 Å². The van der Waals surface area contributed by atoms with E-state index in [0.29, 0.717) is 6.07 Å². The molecule has 19 heavy (non-hydrogen) atoms. The number of carbonyl (C=O) groups excluding carboxylic acids is 2. The van der Waals surface area contributed by atoms with Crippen LogP contribution < -0.4 is 10.6 Å². The van der Waals surface area contributed by atoms with Gasteiger partial charge in [-0.2, -0.15) is 0 Å². The molecule has 6 heteroatoms. The number of nitrogens with one attached hydrogen (secondary N) is 2.